The zero-order valence-electron chi connectivity index (χ0n) is 10.6. The van der Waals surface area contributed by atoms with Gasteiger partial charge >= 0.3 is 6.09 Å². The van der Waals surface area contributed by atoms with Gasteiger partial charge in [-0.2, -0.15) is 0 Å². The fourth-order valence-electron chi connectivity index (χ4n) is 3.80. The molecule has 1 saturated heterocycles. The van der Waals surface area contributed by atoms with Crippen LogP contribution in [0.2, 0.25) is 0 Å². The van der Waals surface area contributed by atoms with Crippen LogP contribution in [0.25, 0.3) is 0 Å². The highest BCUT2D eigenvalue weighted by Gasteiger charge is 2.66. The van der Waals surface area contributed by atoms with E-state index < -0.39 is 6.09 Å². The van der Waals surface area contributed by atoms with Crippen LogP contribution in [0, 0.1) is 17.7 Å². The maximum absolute atomic E-state index is 14.0. The second kappa shape index (κ2) is 4.20. The number of fused-ring (bicyclic) bond motifs is 1. The van der Waals surface area contributed by atoms with Gasteiger partial charge in [0.1, 0.15) is 5.82 Å². The van der Waals surface area contributed by atoms with Crippen molar-refractivity contribution < 1.29 is 14.3 Å². The molecule has 1 aromatic rings. The minimum atomic E-state index is -0.898. The lowest BCUT2D eigenvalue weighted by Gasteiger charge is -2.22. The zero-order valence-corrected chi connectivity index (χ0v) is 10.6. The molecule has 4 nitrogen and oxygen atoms in total. The Morgan fingerprint density at radius 3 is 2.84 bits per heavy atom. The number of piperidine rings is 1. The smallest absolute Gasteiger partial charge is 0.407 e. The molecule has 1 aromatic carbocycles. The molecule has 1 saturated carbocycles. The largest absolute Gasteiger partial charge is 0.465 e. The van der Waals surface area contributed by atoms with Gasteiger partial charge in [-0.25, -0.2) is 9.18 Å². The Hall–Kier alpha value is -1.62. The van der Waals surface area contributed by atoms with Gasteiger partial charge in [0, 0.05) is 25.0 Å². The Morgan fingerprint density at radius 1 is 1.47 bits per heavy atom. The van der Waals surface area contributed by atoms with E-state index in [1.54, 1.807) is 12.1 Å². The average molecular weight is 264 g/mol. The summed E-state index contributed by atoms with van der Waals surface area (Å²) in [4.78, 5) is 12.5. The maximum atomic E-state index is 14.0. The topological polar surface area (TPSA) is 66.6 Å². The minimum absolute atomic E-state index is 0.152. The van der Waals surface area contributed by atoms with Crippen molar-refractivity contribution in [3.05, 3.63) is 35.6 Å². The van der Waals surface area contributed by atoms with Crippen LogP contribution in [0.3, 0.4) is 0 Å². The first-order valence-corrected chi connectivity index (χ1v) is 6.54. The number of nitrogens with two attached hydrogens (primary N) is 1. The molecule has 3 unspecified atom stereocenters. The lowest BCUT2D eigenvalue weighted by Crippen LogP contribution is -2.36. The van der Waals surface area contributed by atoms with Gasteiger partial charge < -0.3 is 15.7 Å². The van der Waals surface area contributed by atoms with E-state index in [1.807, 2.05) is 6.07 Å². The number of nitrogens with zero attached hydrogens (tertiary/aromatic N) is 1. The molecule has 1 amide bonds. The van der Waals surface area contributed by atoms with Crippen molar-refractivity contribution >= 4 is 6.09 Å². The average Bonchev–Trinajstić information content (AvgIpc) is 3.07. The van der Waals surface area contributed by atoms with Crippen molar-refractivity contribution in [1.29, 1.82) is 0 Å². The number of rotatable bonds is 2. The number of carbonyl (C=O) groups is 1. The second-order valence-electron chi connectivity index (χ2n) is 5.45. The number of carboxylic acid groups (broad SMARTS) is 1. The van der Waals surface area contributed by atoms with Crippen molar-refractivity contribution in [2.75, 3.05) is 19.6 Å². The van der Waals surface area contributed by atoms with Crippen LogP contribution in [0.1, 0.15) is 12.0 Å². The van der Waals surface area contributed by atoms with E-state index >= 15 is 0 Å². The van der Waals surface area contributed by atoms with E-state index in [0.29, 0.717) is 31.1 Å². The fraction of sp³-hybridized carbons (Fsp3) is 0.500. The van der Waals surface area contributed by atoms with Gasteiger partial charge in [-0.15, -0.1) is 0 Å². The molecular formula is C14H17FN2O2. The number of halogens is 1. The summed E-state index contributed by atoms with van der Waals surface area (Å²) >= 11 is 0. The summed E-state index contributed by atoms with van der Waals surface area (Å²) in [6, 6.07) is 6.71. The molecule has 1 aliphatic carbocycles. The summed E-state index contributed by atoms with van der Waals surface area (Å²) in [5, 5.41) is 9.06. The summed E-state index contributed by atoms with van der Waals surface area (Å²) in [5.74, 6) is 0.230. The van der Waals surface area contributed by atoms with Crippen LogP contribution in [0.5, 0.6) is 0 Å². The lowest BCUT2D eigenvalue weighted by atomic mass is 9.91. The molecule has 0 spiro atoms. The van der Waals surface area contributed by atoms with Gasteiger partial charge in [0.2, 0.25) is 0 Å². The number of benzene rings is 1. The Bertz CT molecular complexity index is 522. The van der Waals surface area contributed by atoms with Gasteiger partial charge in [-0.1, -0.05) is 18.2 Å². The lowest BCUT2D eigenvalue weighted by molar-refractivity contribution is 0.133. The molecule has 1 heterocycles. The summed E-state index contributed by atoms with van der Waals surface area (Å²) in [6.45, 7) is 1.36. The molecule has 2 fully saturated rings. The van der Waals surface area contributed by atoms with Crippen LogP contribution in [0.4, 0.5) is 9.18 Å². The Morgan fingerprint density at radius 2 is 2.21 bits per heavy atom. The summed E-state index contributed by atoms with van der Waals surface area (Å²) in [6.07, 6.45) is -0.132. The third kappa shape index (κ3) is 1.64. The quantitative estimate of drug-likeness (QED) is 0.853. The van der Waals surface area contributed by atoms with Crippen LogP contribution in [0.15, 0.2) is 24.3 Å². The molecule has 0 radical (unpaired) electrons. The minimum Gasteiger partial charge on any atom is -0.465 e. The standard InChI is InChI=1S/C14H17FN2O2/c15-12-4-2-1-3-10(12)14(8-16)9-5-6-17(13(18)19)7-11(9)14/h1-4,9,11H,5-8,16H2,(H,18,19). The van der Waals surface area contributed by atoms with Crippen LogP contribution in [-0.2, 0) is 5.41 Å². The van der Waals surface area contributed by atoms with Crippen molar-refractivity contribution in [2.45, 2.75) is 11.8 Å². The van der Waals surface area contributed by atoms with E-state index in [9.17, 15) is 9.18 Å². The fourth-order valence-corrected chi connectivity index (χ4v) is 3.80. The van der Waals surface area contributed by atoms with Crippen molar-refractivity contribution in [1.82, 2.24) is 4.90 Å². The first kappa shape index (κ1) is 12.4. The summed E-state index contributed by atoms with van der Waals surface area (Å²) < 4.78 is 14.0. The molecule has 1 aliphatic heterocycles. The molecule has 0 bridgehead atoms. The first-order chi connectivity index (χ1) is 9.11. The molecule has 3 atom stereocenters. The van der Waals surface area contributed by atoms with Crippen molar-refractivity contribution in [3.63, 3.8) is 0 Å². The summed E-state index contributed by atoms with van der Waals surface area (Å²) in [5.41, 5.74) is 6.21. The van der Waals surface area contributed by atoms with E-state index in [0.717, 1.165) is 6.42 Å². The molecular weight excluding hydrogens is 247 g/mol. The second-order valence-corrected chi connectivity index (χ2v) is 5.45. The maximum Gasteiger partial charge on any atom is 0.407 e. The van der Waals surface area contributed by atoms with Gasteiger partial charge in [-0.3, -0.25) is 0 Å². The monoisotopic (exact) mass is 264 g/mol. The Kier molecular flexibility index (Phi) is 2.74. The Balaban J connectivity index is 1.92. The van der Waals surface area contributed by atoms with Gasteiger partial charge in [0.15, 0.2) is 0 Å². The molecule has 0 aromatic heterocycles. The third-order valence-electron chi connectivity index (χ3n) is 4.81. The molecule has 102 valence electrons. The third-order valence-corrected chi connectivity index (χ3v) is 4.81. The highest BCUT2D eigenvalue weighted by Crippen LogP contribution is 2.63. The Labute approximate surface area is 111 Å². The van der Waals surface area contributed by atoms with Gasteiger partial charge in [0.25, 0.3) is 0 Å². The number of amides is 1. The molecule has 2 aliphatic rings. The van der Waals surface area contributed by atoms with Gasteiger partial charge in [-0.05, 0) is 29.9 Å². The van der Waals surface area contributed by atoms with Crippen molar-refractivity contribution in [3.8, 4) is 0 Å². The van der Waals surface area contributed by atoms with E-state index in [1.165, 1.54) is 11.0 Å². The van der Waals surface area contributed by atoms with Crippen LogP contribution in [-0.4, -0.2) is 35.7 Å². The number of hydrogen-bond donors (Lipinski definition) is 2. The zero-order chi connectivity index (χ0) is 13.6. The van der Waals surface area contributed by atoms with Crippen LogP contribution >= 0.6 is 0 Å². The number of hydrogen-bond acceptors (Lipinski definition) is 2. The van der Waals surface area contributed by atoms with Gasteiger partial charge in [0.05, 0.1) is 0 Å². The summed E-state index contributed by atoms with van der Waals surface area (Å²) in [7, 11) is 0. The predicted octanol–water partition coefficient (Wildman–Crippen LogP) is 1.65. The highest BCUT2D eigenvalue weighted by atomic mass is 19.1. The molecule has 3 N–H and O–H groups in total. The molecule has 19 heavy (non-hydrogen) atoms. The SMILES string of the molecule is NCC1(c2ccccc2F)C2CCN(C(=O)O)CC21. The van der Waals surface area contributed by atoms with E-state index in [-0.39, 0.29) is 17.2 Å². The van der Waals surface area contributed by atoms with E-state index in [2.05, 4.69) is 0 Å². The molecule has 3 rings (SSSR count). The van der Waals surface area contributed by atoms with E-state index in [4.69, 9.17) is 10.8 Å². The number of likely N-dealkylation sites (tertiary alicyclic amines) is 1. The predicted molar refractivity (Wildman–Crippen MR) is 68.3 cm³/mol. The first-order valence-electron chi connectivity index (χ1n) is 6.54. The van der Waals surface area contributed by atoms with Crippen LogP contribution < -0.4 is 5.73 Å². The highest BCUT2D eigenvalue weighted by molar-refractivity contribution is 5.65. The normalized spacial score (nSPS) is 32.8. The molecule has 5 heteroatoms. The van der Waals surface area contributed by atoms with Crippen molar-refractivity contribution in [2.24, 2.45) is 17.6 Å².